The number of fused-ring (bicyclic) bond motifs is 1. The first kappa shape index (κ1) is 29.0. The summed E-state index contributed by atoms with van der Waals surface area (Å²) < 4.78 is 13.1. The van der Waals surface area contributed by atoms with E-state index in [2.05, 4.69) is 43.1 Å². The molecular weight excluding hydrogens is 540 g/mol. The highest BCUT2D eigenvalue weighted by Gasteiger charge is 2.36. The van der Waals surface area contributed by atoms with Gasteiger partial charge < -0.3 is 14.6 Å². The van der Waals surface area contributed by atoms with Crippen LogP contribution in [0.15, 0.2) is 103 Å². The number of benzene rings is 4. The lowest BCUT2D eigenvalue weighted by Gasteiger charge is -2.39. The Morgan fingerprint density at radius 2 is 1.37 bits per heavy atom. The number of likely N-dealkylation sites (N-methyl/N-ethyl adjacent to an activating group) is 1. The summed E-state index contributed by atoms with van der Waals surface area (Å²) in [5.41, 5.74) is 5.75. The summed E-state index contributed by atoms with van der Waals surface area (Å²) in [6.45, 7) is 3.11. The van der Waals surface area contributed by atoms with Gasteiger partial charge in [-0.1, -0.05) is 91.0 Å². The van der Waals surface area contributed by atoms with Gasteiger partial charge in [0.05, 0.1) is 36.5 Å². The van der Waals surface area contributed by atoms with Gasteiger partial charge in [0.15, 0.2) is 6.29 Å². The molecule has 1 saturated heterocycles. The molecule has 0 bridgehead atoms. The summed E-state index contributed by atoms with van der Waals surface area (Å²) in [5, 5.41) is 9.51. The number of ether oxygens (including phenoxy) is 2. The molecular formula is C36H36N2O5. The fourth-order valence-electron chi connectivity index (χ4n) is 5.84. The highest BCUT2D eigenvalue weighted by molar-refractivity contribution is 6.21. The molecule has 1 N–H and O–H groups in total. The highest BCUT2D eigenvalue weighted by atomic mass is 16.7. The lowest BCUT2D eigenvalue weighted by atomic mass is 9.99. The van der Waals surface area contributed by atoms with E-state index in [1.54, 1.807) is 24.3 Å². The van der Waals surface area contributed by atoms with Crippen molar-refractivity contribution in [1.82, 2.24) is 9.80 Å². The summed E-state index contributed by atoms with van der Waals surface area (Å²) in [6.07, 6.45) is -0.168. The zero-order valence-electron chi connectivity index (χ0n) is 24.4. The van der Waals surface area contributed by atoms with Crippen LogP contribution < -0.4 is 0 Å². The van der Waals surface area contributed by atoms with Crippen LogP contribution in [-0.4, -0.2) is 46.4 Å². The Balaban J connectivity index is 1.19. The van der Waals surface area contributed by atoms with Crippen molar-refractivity contribution in [3.05, 3.63) is 142 Å². The maximum absolute atomic E-state index is 12.8. The third kappa shape index (κ3) is 6.17. The summed E-state index contributed by atoms with van der Waals surface area (Å²) in [5.74, 6) is -0.536. The smallest absolute Gasteiger partial charge is 0.261 e. The van der Waals surface area contributed by atoms with Crippen molar-refractivity contribution in [2.24, 2.45) is 0 Å². The third-order valence-electron chi connectivity index (χ3n) is 8.52. The molecule has 0 saturated carbocycles. The molecule has 6 rings (SSSR count). The fourth-order valence-corrected chi connectivity index (χ4v) is 5.84. The van der Waals surface area contributed by atoms with Gasteiger partial charge in [0.25, 0.3) is 11.8 Å². The zero-order chi connectivity index (χ0) is 29.9. The lowest BCUT2D eigenvalue weighted by Crippen LogP contribution is -2.38. The Hall–Kier alpha value is -4.14. The van der Waals surface area contributed by atoms with Crippen LogP contribution in [0.3, 0.4) is 0 Å². The molecule has 0 spiro atoms. The van der Waals surface area contributed by atoms with Crippen molar-refractivity contribution >= 4 is 11.8 Å². The van der Waals surface area contributed by atoms with E-state index >= 15 is 0 Å². The van der Waals surface area contributed by atoms with Crippen LogP contribution in [0, 0.1) is 0 Å². The molecule has 2 aliphatic rings. The summed E-state index contributed by atoms with van der Waals surface area (Å²) in [7, 11) is 2.12. The molecule has 220 valence electrons. The van der Waals surface area contributed by atoms with Crippen LogP contribution in [0.25, 0.3) is 0 Å². The standard InChI is InChI=1S/C36H36N2O5/c1-24(27-8-4-3-5-9-27)37(2)22-30-20-33(28-16-14-26(23-39)15-17-28)43-36(42-30)29-18-12-25(13-19-29)21-38-34(40)31-10-6-7-11-32(31)35(38)41/h3-19,24,30,33,36,39H,20-23H2,1-2H3/t24-,30+,33-,36-/m0/s1. The van der Waals surface area contributed by atoms with Gasteiger partial charge in [-0.15, -0.1) is 0 Å². The molecule has 2 amide bonds. The topological polar surface area (TPSA) is 79.3 Å². The summed E-state index contributed by atoms with van der Waals surface area (Å²) >= 11 is 0. The Labute approximate surface area is 252 Å². The molecule has 4 atom stereocenters. The largest absolute Gasteiger partial charge is 0.392 e. The molecule has 2 aliphatic heterocycles. The van der Waals surface area contributed by atoms with Crippen molar-refractivity contribution < 1.29 is 24.2 Å². The molecule has 2 heterocycles. The number of rotatable bonds is 9. The second-order valence-electron chi connectivity index (χ2n) is 11.4. The molecule has 0 aromatic heterocycles. The SMILES string of the molecule is C[C@@H](c1ccccc1)N(C)C[C@H]1C[C@@H](c2ccc(CO)cc2)O[C@@H](c2ccc(CN3C(=O)c4ccccc4C3=O)cc2)O1. The highest BCUT2D eigenvalue weighted by Crippen LogP contribution is 2.39. The minimum atomic E-state index is -0.588. The van der Waals surface area contributed by atoms with Crippen LogP contribution >= 0.6 is 0 Å². The van der Waals surface area contributed by atoms with E-state index < -0.39 is 6.29 Å². The Kier molecular flexibility index (Phi) is 8.49. The van der Waals surface area contributed by atoms with Crippen molar-refractivity contribution in [1.29, 1.82) is 0 Å². The number of amides is 2. The van der Waals surface area contributed by atoms with Crippen molar-refractivity contribution in [3.8, 4) is 0 Å². The second kappa shape index (κ2) is 12.6. The van der Waals surface area contributed by atoms with E-state index in [9.17, 15) is 14.7 Å². The van der Waals surface area contributed by atoms with E-state index in [1.165, 1.54) is 10.5 Å². The number of aliphatic hydroxyl groups is 1. The fraction of sp³-hybridized carbons (Fsp3) is 0.278. The van der Waals surface area contributed by atoms with Crippen molar-refractivity contribution in [2.45, 2.75) is 51.0 Å². The molecule has 43 heavy (non-hydrogen) atoms. The van der Waals surface area contributed by atoms with Crippen molar-refractivity contribution in [3.63, 3.8) is 0 Å². The molecule has 4 aromatic carbocycles. The van der Waals surface area contributed by atoms with Gasteiger partial charge in [0, 0.05) is 24.6 Å². The minimum absolute atomic E-state index is 0.00457. The first-order valence-corrected chi connectivity index (χ1v) is 14.7. The molecule has 0 unspecified atom stereocenters. The first-order valence-electron chi connectivity index (χ1n) is 14.7. The quantitative estimate of drug-likeness (QED) is 0.239. The Morgan fingerprint density at radius 3 is 2.00 bits per heavy atom. The van der Waals surface area contributed by atoms with E-state index in [-0.39, 0.29) is 43.2 Å². The van der Waals surface area contributed by atoms with Crippen LogP contribution in [0.4, 0.5) is 0 Å². The summed E-state index contributed by atoms with van der Waals surface area (Å²) in [4.78, 5) is 29.3. The van der Waals surface area contributed by atoms with Gasteiger partial charge in [0.2, 0.25) is 0 Å². The predicted octanol–water partition coefficient (Wildman–Crippen LogP) is 6.21. The molecule has 0 radical (unpaired) electrons. The normalized spacial score (nSPS) is 20.8. The average molecular weight is 577 g/mol. The average Bonchev–Trinajstić information content (AvgIpc) is 3.29. The van der Waals surface area contributed by atoms with Gasteiger partial charge in [-0.3, -0.25) is 19.4 Å². The summed E-state index contributed by atoms with van der Waals surface area (Å²) in [6, 6.07) is 33.2. The number of carbonyl (C=O) groups is 2. The van der Waals surface area contributed by atoms with Crippen molar-refractivity contribution in [2.75, 3.05) is 13.6 Å². The predicted molar refractivity (Wildman–Crippen MR) is 163 cm³/mol. The van der Waals surface area contributed by atoms with Gasteiger partial charge in [-0.2, -0.15) is 0 Å². The van der Waals surface area contributed by atoms with Gasteiger partial charge in [0.1, 0.15) is 0 Å². The number of hydrogen-bond donors (Lipinski definition) is 1. The monoisotopic (exact) mass is 576 g/mol. The molecule has 7 heteroatoms. The Morgan fingerprint density at radius 1 is 0.791 bits per heavy atom. The lowest BCUT2D eigenvalue weighted by molar-refractivity contribution is -0.253. The number of hydrogen-bond acceptors (Lipinski definition) is 6. The number of aliphatic hydroxyl groups excluding tert-OH is 1. The number of nitrogens with zero attached hydrogens (tertiary/aromatic N) is 2. The third-order valence-corrected chi connectivity index (χ3v) is 8.52. The Bertz CT molecular complexity index is 1540. The van der Waals surface area contributed by atoms with E-state index in [1.807, 2.05) is 54.6 Å². The second-order valence-corrected chi connectivity index (χ2v) is 11.4. The molecule has 0 aliphatic carbocycles. The van der Waals surface area contributed by atoms with Gasteiger partial charge >= 0.3 is 0 Å². The maximum atomic E-state index is 12.8. The first-order chi connectivity index (χ1) is 20.9. The van der Waals surface area contributed by atoms with Crippen LogP contribution in [0.1, 0.15) is 80.3 Å². The maximum Gasteiger partial charge on any atom is 0.261 e. The van der Waals surface area contributed by atoms with Crippen LogP contribution in [0.2, 0.25) is 0 Å². The van der Waals surface area contributed by atoms with Gasteiger partial charge in [-0.05, 0) is 48.4 Å². The van der Waals surface area contributed by atoms with Crippen LogP contribution in [-0.2, 0) is 22.6 Å². The van der Waals surface area contributed by atoms with E-state index in [0.29, 0.717) is 17.5 Å². The van der Waals surface area contributed by atoms with Crippen LogP contribution in [0.5, 0.6) is 0 Å². The number of imide groups is 1. The zero-order valence-corrected chi connectivity index (χ0v) is 24.4. The molecule has 1 fully saturated rings. The number of carbonyl (C=O) groups excluding carboxylic acids is 2. The minimum Gasteiger partial charge on any atom is -0.392 e. The van der Waals surface area contributed by atoms with E-state index in [4.69, 9.17) is 9.47 Å². The van der Waals surface area contributed by atoms with E-state index in [0.717, 1.165) is 28.8 Å². The molecule has 4 aromatic rings. The molecule has 7 nitrogen and oxygen atoms in total. The van der Waals surface area contributed by atoms with Gasteiger partial charge in [-0.25, -0.2) is 0 Å².